The Morgan fingerprint density at radius 2 is 1.92 bits per heavy atom. The number of sulfone groups is 1. The number of thiazole rings is 1. The summed E-state index contributed by atoms with van der Waals surface area (Å²) in [6.45, 7) is 4.05. The summed E-state index contributed by atoms with van der Waals surface area (Å²) < 4.78 is 23.1. The molecule has 0 aliphatic carbocycles. The van der Waals surface area contributed by atoms with Crippen LogP contribution in [-0.4, -0.2) is 25.6 Å². The van der Waals surface area contributed by atoms with E-state index in [4.69, 9.17) is 0 Å². The highest BCUT2D eigenvalue weighted by Gasteiger charge is 2.17. The molecule has 1 aromatic heterocycles. The fourth-order valence-corrected chi connectivity index (χ4v) is 3.86. The van der Waals surface area contributed by atoms with Crippen LogP contribution in [0.1, 0.15) is 53.8 Å². The second kappa shape index (κ2) is 7.90. The molecule has 0 bridgehead atoms. The number of carbonyl (C=O) groups excluding carboxylic acids is 1. The van der Waals surface area contributed by atoms with Gasteiger partial charge in [0.2, 0.25) is 0 Å². The van der Waals surface area contributed by atoms with Crippen molar-refractivity contribution in [1.82, 2.24) is 10.3 Å². The Morgan fingerprint density at radius 3 is 2.46 bits per heavy atom. The minimum Gasteiger partial charge on any atom is -0.344 e. The second-order valence-corrected chi connectivity index (χ2v) is 8.61. The Balaban J connectivity index is 2.12. The summed E-state index contributed by atoms with van der Waals surface area (Å²) in [4.78, 5) is 17.0. The van der Waals surface area contributed by atoms with Crippen molar-refractivity contribution in [3.8, 4) is 0 Å². The first kappa shape index (κ1) is 18.6. The summed E-state index contributed by atoms with van der Waals surface area (Å²) in [6, 6.07) is 6.45. The molecule has 130 valence electrons. The van der Waals surface area contributed by atoms with Crippen molar-refractivity contribution in [3.63, 3.8) is 0 Å². The van der Waals surface area contributed by atoms with Crippen molar-refractivity contribution < 1.29 is 13.2 Å². The molecule has 0 fully saturated rings. The average Bonchev–Trinajstić information content (AvgIpc) is 3.01. The molecule has 2 rings (SSSR count). The molecule has 0 saturated carbocycles. The van der Waals surface area contributed by atoms with Gasteiger partial charge in [-0.15, -0.1) is 11.3 Å². The van der Waals surface area contributed by atoms with Crippen LogP contribution in [0.3, 0.4) is 0 Å². The zero-order valence-corrected chi connectivity index (χ0v) is 15.7. The summed E-state index contributed by atoms with van der Waals surface area (Å²) in [5, 5.41) is 5.71. The first-order valence-electron chi connectivity index (χ1n) is 7.90. The van der Waals surface area contributed by atoms with Crippen LogP contribution in [0.4, 0.5) is 0 Å². The van der Waals surface area contributed by atoms with Gasteiger partial charge in [-0.25, -0.2) is 13.4 Å². The molecule has 1 atom stereocenters. The predicted octanol–water partition coefficient (Wildman–Crippen LogP) is 3.38. The molecule has 0 saturated heterocycles. The molecule has 1 amide bonds. The Hall–Kier alpha value is -1.73. The van der Waals surface area contributed by atoms with E-state index in [-0.39, 0.29) is 16.8 Å². The first-order chi connectivity index (χ1) is 11.3. The highest BCUT2D eigenvalue weighted by molar-refractivity contribution is 7.90. The lowest BCUT2D eigenvalue weighted by Gasteiger charge is -2.17. The zero-order valence-electron chi connectivity index (χ0n) is 14.1. The fourth-order valence-electron chi connectivity index (χ4n) is 2.34. The molecule has 0 aliphatic rings. The van der Waals surface area contributed by atoms with Crippen LogP contribution in [0, 0.1) is 0 Å². The zero-order chi connectivity index (χ0) is 17.7. The van der Waals surface area contributed by atoms with Gasteiger partial charge in [0.1, 0.15) is 5.69 Å². The number of benzene rings is 1. The van der Waals surface area contributed by atoms with Gasteiger partial charge in [-0.05, 0) is 37.0 Å². The quantitative estimate of drug-likeness (QED) is 0.815. The largest absolute Gasteiger partial charge is 0.344 e. The van der Waals surface area contributed by atoms with Crippen LogP contribution in [0.2, 0.25) is 0 Å². The lowest BCUT2D eigenvalue weighted by molar-refractivity contribution is 0.0931. The van der Waals surface area contributed by atoms with E-state index in [2.05, 4.69) is 17.2 Å². The number of hydrogen-bond donors (Lipinski definition) is 1. The number of nitrogens with zero attached hydrogens (tertiary/aromatic N) is 1. The molecule has 1 aromatic carbocycles. The van der Waals surface area contributed by atoms with E-state index in [1.807, 2.05) is 6.92 Å². The molecular weight excluding hydrogens is 344 g/mol. The smallest absolute Gasteiger partial charge is 0.271 e. The number of nitrogens with one attached hydrogen (secondary N) is 1. The molecule has 2 aromatic rings. The summed E-state index contributed by atoms with van der Waals surface area (Å²) in [6.07, 6.45) is 3.76. The predicted molar refractivity (Wildman–Crippen MR) is 96.2 cm³/mol. The van der Waals surface area contributed by atoms with Gasteiger partial charge < -0.3 is 5.32 Å². The molecule has 1 heterocycles. The van der Waals surface area contributed by atoms with Gasteiger partial charge in [0.25, 0.3) is 5.91 Å². The van der Waals surface area contributed by atoms with Gasteiger partial charge in [-0.2, -0.15) is 0 Å². The highest BCUT2D eigenvalue weighted by Crippen LogP contribution is 2.20. The minimum atomic E-state index is -3.22. The number of aromatic nitrogens is 1. The van der Waals surface area contributed by atoms with Crippen molar-refractivity contribution in [2.75, 3.05) is 6.26 Å². The standard InChI is InChI=1S/C17H22N2O3S2/c1-4-6-16-18-15(11-23-16)17(20)19-14(5-2)12-7-9-13(10-8-12)24(3,21)22/h7-11,14H,4-6H2,1-3H3,(H,19,20)/t14-/m0/s1. The molecule has 0 spiro atoms. The second-order valence-electron chi connectivity index (χ2n) is 5.65. The van der Waals surface area contributed by atoms with Crippen LogP contribution in [-0.2, 0) is 16.3 Å². The first-order valence-corrected chi connectivity index (χ1v) is 10.7. The lowest BCUT2D eigenvalue weighted by atomic mass is 10.0. The van der Waals surface area contributed by atoms with Crippen LogP contribution >= 0.6 is 11.3 Å². The third kappa shape index (κ3) is 4.64. The maximum Gasteiger partial charge on any atom is 0.271 e. The molecule has 24 heavy (non-hydrogen) atoms. The Morgan fingerprint density at radius 1 is 1.25 bits per heavy atom. The highest BCUT2D eigenvalue weighted by atomic mass is 32.2. The number of rotatable bonds is 7. The lowest BCUT2D eigenvalue weighted by Crippen LogP contribution is -2.28. The number of hydrogen-bond acceptors (Lipinski definition) is 5. The van der Waals surface area contributed by atoms with Gasteiger partial charge in [-0.3, -0.25) is 4.79 Å². The number of carbonyl (C=O) groups is 1. The minimum absolute atomic E-state index is 0.178. The maximum atomic E-state index is 12.4. The molecule has 0 radical (unpaired) electrons. The fraction of sp³-hybridized carbons (Fsp3) is 0.412. The van der Waals surface area contributed by atoms with Crippen molar-refractivity contribution in [1.29, 1.82) is 0 Å². The summed E-state index contributed by atoms with van der Waals surface area (Å²) in [7, 11) is -3.22. The Labute approximate surface area is 147 Å². The number of amides is 1. The van der Waals surface area contributed by atoms with E-state index in [0.29, 0.717) is 12.1 Å². The van der Waals surface area contributed by atoms with E-state index in [0.717, 1.165) is 23.4 Å². The monoisotopic (exact) mass is 366 g/mol. The van der Waals surface area contributed by atoms with Crippen molar-refractivity contribution in [3.05, 3.63) is 45.9 Å². The Kier molecular flexibility index (Phi) is 6.12. The van der Waals surface area contributed by atoms with Crippen LogP contribution in [0.15, 0.2) is 34.5 Å². The third-order valence-electron chi connectivity index (χ3n) is 3.67. The van der Waals surface area contributed by atoms with E-state index >= 15 is 0 Å². The van der Waals surface area contributed by atoms with E-state index < -0.39 is 9.84 Å². The molecule has 7 heteroatoms. The van der Waals surface area contributed by atoms with Crippen LogP contribution in [0.25, 0.3) is 0 Å². The van der Waals surface area contributed by atoms with Crippen molar-refractivity contribution in [2.45, 2.75) is 44.0 Å². The number of aryl methyl sites for hydroxylation is 1. The summed E-state index contributed by atoms with van der Waals surface area (Å²) in [5.41, 5.74) is 1.32. The summed E-state index contributed by atoms with van der Waals surface area (Å²) >= 11 is 1.50. The van der Waals surface area contributed by atoms with Gasteiger partial charge in [0.05, 0.1) is 15.9 Å². The SMILES string of the molecule is CCCc1nc(C(=O)N[C@@H](CC)c2ccc(S(C)(=O)=O)cc2)cs1. The van der Waals surface area contributed by atoms with E-state index in [1.165, 1.54) is 17.6 Å². The molecule has 5 nitrogen and oxygen atoms in total. The van der Waals surface area contributed by atoms with E-state index in [9.17, 15) is 13.2 Å². The Bertz CT molecular complexity index is 795. The van der Waals surface area contributed by atoms with Gasteiger partial charge in [0.15, 0.2) is 9.84 Å². The maximum absolute atomic E-state index is 12.4. The van der Waals surface area contributed by atoms with Gasteiger partial charge in [-0.1, -0.05) is 26.0 Å². The third-order valence-corrected chi connectivity index (χ3v) is 5.71. The molecular formula is C17H22N2O3S2. The molecule has 0 aliphatic heterocycles. The molecule has 0 unspecified atom stereocenters. The van der Waals surface area contributed by atoms with Crippen molar-refractivity contribution in [2.24, 2.45) is 0 Å². The van der Waals surface area contributed by atoms with Gasteiger partial charge in [0, 0.05) is 11.6 Å². The topological polar surface area (TPSA) is 76.1 Å². The van der Waals surface area contributed by atoms with Gasteiger partial charge >= 0.3 is 0 Å². The summed E-state index contributed by atoms with van der Waals surface area (Å²) in [5.74, 6) is -0.201. The molecule has 1 N–H and O–H groups in total. The normalized spacial score (nSPS) is 12.8. The van der Waals surface area contributed by atoms with Crippen LogP contribution < -0.4 is 5.32 Å². The van der Waals surface area contributed by atoms with Crippen molar-refractivity contribution >= 4 is 27.1 Å². The van der Waals surface area contributed by atoms with E-state index in [1.54, 1.807) is 29.6 Å². The van der Waals surface area contributed by atoms with Crippen LogP contribution in [0.5, 0.6) is 0 Å². The average molecular weight is 367 g/mol.